The van der Waals surface area contributed by atoms with E-state index in [1.54, 1.807) is 6.42 Å². The van der Waals surface area contributed by atoms with Gasteiger partial charge in [-0.1, -0.05) is 65.7 Å². The topological polar surface area (TPSA) is 0 Å². The minimum Gasteiger partial charge on any atom is -0.0625 e. The van der Waals surface area contributed by atoms with E-state index in [4.69, 9.17) is 0 Å². The molecule has 2 bridgehead atoms. The number of rotatable bonds is 0. The Morgan fingerprint density at radius 1 is 0.450 bits per heavy atom. The second-order valence-electron chi connectivity index (χ2n) is 8.57. The zero-order valence-electron chi connectivity index (χ0n) is 14.4. The molecule has 0 saturated heterocycles. The molecule has 0 aromatic carbocycles. The summed E-state index contributed by atoms with van der Waals surface area (Å²) in [6.45, 7) is 7.53. The first-order valence-electron chi connectivity index (χ1n) is 9.63. The molecule has 5 unspecified atom stereocenters. The lowest BCUT2D eigenvalue weighted by Gasteiger charge is -2.35. The monoisotopic (exact) mass is 278 g/mol. The molecule has 5 atom stereocenters. The van der Waals surface area contributed by atoms with Crippen molar-refractivity contribution in [3.63, 3.8) is 0 Å². The molecule has 2 rings (SSSR count). The molecule has 118 valence electrons. The lowest BCUT2D eigenvalue weighted by molar-refractivity contribution is 0.164. The maximum Gasteiger partial charge on any atom is -0.0407 e. The molecule has 0 N–H and O–H groups in total. The van der Waals surface area contributed by atoms with Gasteiger partial charge in [-0.2, -0.15) is 0 Å². The molecular weight excluding hydrogens is 240 g/mol. The van der Waals surface area contributed by atoms with Gasteiger partial charge in [0.15, 0.2) is 0 Å². The summed E-state index contributed by atoms with van der Waals surface area (Å²) in [5, 5.41) is 0. The van der Waals surface area contributed by atoms with E-state index in [0.717, 1.165) is 29.6 Å². The van der Waals surface area contributed by atoms with E-state index in [1.165, 1.54) is 70.6 Å². The highest BCUT2D eigenvalue weighted by Gasteiger charge is 2.27. The van der Waals surface area contributed by atoms with Crippen molar-refractivity contribution < 1.29 is 0 Å². The SMILES string of the molecule is CC1CCCCCCCC2CC(C)CC(CC(C)C1)C2. The van der Waals surface area contributed by atoms with Gasteiger partial charge in [0.2, 0.25) is 0 Å². The van der Waals surface area contributed by atoms with Crippen LogP contribution in [0.3, 0.4) is 0 Å². The minimum absolute atomic E-state index is 0.962. The van der Waals surface area contributed by atoms with Crippen LogP contribution in [0.25, 0.3) is 0 Å². The maximum absolute atomic E-state index is 2.52. The smallest absolute Gasteiger partial charge is 0.0407 e. The average Bonchev–Trinajstić information content (AvgIpc) is 2.35. The summed E-state index contributed by atoms with van der Waals surface area (Å²) in [5.41, 5.74) is 0. The van der Waals surface area contributed by atoms with Crippen LogP contribution in [0.1, 0.15) is 97.8 Å². The molecule has 2 aliphatic rings. The van der Waals surface area contributed by atoms with Gasteiger partial charge in [0.1, 0.15) is 0 Å². The summed E-state index contributed by atoms with van der Waals surface area (Å²) >= 11 is 0. The standard InChI is InChI=1S/C20H38/c1-16-9-7-5-4-6-8-10-19-12-18(3)14-20(15-19)13-17(2)11-16/h16-20H,4-15H2,1-3H3. The molecule has 0 amide bonds. The fourth-order valence-electron chi connectivity index (χ4n) is 5.25. The number of fused-ring (bicyclic) bond motifs is 2. The summed E-state index contributed by atoms with van der Waals surface area (Å²) < 4.78 is 0. The van der Waals surface area contributed by atoms with Gasteiger partial charge >= 0.3 is 0 Å². The zero-order chi connectivity index (χ0) is 14.4. The summed E-state index contributed by atoms with van der Waals surface area (Å²) in [4.78, 5) is 0. The number of hydrogen-bond donors (Lipinski definition) is 0. The van der Waals surface area contributed by atoms with E-state index in [2.05, 4.69) is 20.8 Å². The van der Waals surface area contributed by atoms with Crippen LogP contribution in [0.2, 0.25) is 0 Å². The molecule has 0 heterocycles. The first kappa shape index (κ1) is 16.4. The highest BCUT2D eigenvalue weighted by atomic mass is 14.3. The molecule has 0 radical (unpaired) electrons. The van der Waals surface area contributed by atoms with Crippen molar-refractivity contribution >= 4 is 0 Å². The fourth-order valence-corrected chi connectivity index (χ4v) is 5.25. The Morgan fingerprint density at radius 2 is 1.00 bits per heavy atom. The van der Waals surface area contributed by atoms with E-state index in [9.17, 15) is 0 Å². The van der Waals surface area contributed by atoms with Crippen molar-refractivity contribution in [1.29, 1.82) is 0 Å². The predicted molar refractivity (Wildman–Crippen MR) is 89.9 cm³/mol. The van der Waals surface area contributed by atoms with Crippen LogP contribution >= 0.6 is 0 Å². The van der Waals surface area contributed by atoms with Gasteiger partial charge in [-0.15, -0.1) is 0 Å². The largest absolute Gasteiger partial charge is 0.0625 e. The molecule has 0 aliphatic heterocycles. The summed E-state index contributed by atoms with van der Waals surface area (Å²) in [6.07, 6.45) is 18.1. The first-order chi connectivity index (χ1) is 9.63. The molecule has 0 nitrogen and oxygen atoms in total. The van der Waals surface area contributed by atoms with Crippen LogP contribution in [0.5, 0.6) is 0 Å². The molecule has 20 heavy (non-hydrogen) atoms. The molecule has 0 heteroatoms. The van der Waals surface area contributed by atoms with Gasteiger partial charge in [0.05, 0.1) is 0 Å². The Bertz CT molecular complexity index is 257. The van der Waals surface area contributed by atoms with Gasteiger partial charge in [-0.25, -0.2) is 0 Å². The number of hydrogen-bond acceptors (Lipinski definition) is 0. The lowest BCUT2D eigenvalue weighted by atomic mass is 9.71. The van der Waals surface area contributed by atoms with E-state index < -0.39 is 0 Å². The third-order valence-electron chi connectivity index (χ3n) is 5.99. The van der Waals surface area contributed by atoms with Crippen molar-refractivity contribution in [2.24, 2.45) is 29.6 Å². The summed E-state index contributed by atoms with van der Waals surface area (Å²) in [5.74, 6) is 5.04. The zero-order valence-corrected chi connectivity index (χ0v) is 14.4. The van der Waals surface area contributed by atoms with Gasteiger partial charge < -0.3 is 0 Å². The van der Waals surface area contributed by atoms with Gasteiger partial charge in [-0.3, -0.25) is 0 Å². The fraction of sp³-hybridized carbons (Fsp3) is 1.00. The Kier molecular flexibility index (Phi) is 6.91. The van der Waals surface area contributed by atoms with Crippen LogP contribution in [-0.2, 0) is 0 Å². The van der Waals surface area contributed by atoms with Crippen molar-refractivity contribution in [1.82, 2.24) is 0 Å². The highest BCUT2D eigenvalue weighted by Crippen LogP contribution is 2.39. The molecule has 2 fully saturated rings. The van der Waals surface area contributed by atoms with E-state index in [1.807, 2.05) is 0 Å². The van der Waals surface area contributed by atoms with Crippen LogP contribution in [0.15, 0.2) is 0 Å². The molecule has 0 spiro atoms. The van der Waals surface area contributed by atoms with Crippen molar-refractivity contribution in [3.8, 4) is 0 Å². The van der Waals surface area contributed by atoms with Gasteiger partial charge in [0.25, 0.3) is 0 Å². The molecule has 2 saturated carbocycles. The van der Waals surface area contributed by atoms with Crippen molar-refractivity contribution in [2.75, 3.05) is 0 Å². The quantitative estimate of drug-likeness (QED) is 0.455. The van der Waals surface area contributed by atoms with Crippen molar-refractivity contribution in [2.45, 2.75) is 97.8 Å². The highest BCUT2D eigenvalue weighted by molar-refractivity contribution is 4.79. The first-order valence-corrected chi connectivity index (χ1v) is 9.63. The Morgan fingerprint density at radius 3 is 1.75 bits per heavy atom. The molecular formula is C20H38. The average molecular weight is 279 g/mol. The van der Waals surface area contributed by atoms with E-state index in [0.29, 0.717) is 0 Å². The van der Waals surface area contributed by atoms with E-state index >= 15 is 0 Å². The Balaban J connectivity index is 1.89. The Hall–Kier alpha value is 0. The lowest BCUT2D eigenvalue weighted by Crippen LogP contribution is -2.23. The van der Waals surface area contributed by atoms with Crippen LogP contribution < -0.4 is 0 Å². The van der Waals surface area contributed by atoms with Gasteiger partial charge in [-0.05, 0) is 61.7 Å². The second kappa shape index (κ2) is 8.44. The predicted octanol–water partition coefficient (Wildman–Crippen LogP) is 6.84. The van der Waals surface area contributed by atoms with Crippen LogP contribution in [0.4, 0.5) is 0 Å². The third-order valence-corrected chi connectivity index (χ3v) is 5.99. The minimum atomic E-state index is 0.962. The maximum atomic E-state index is 2.52. The second-order valence-corrected chi connectivity index (χ2v) is 8.57. The van der Waals surface area contributed by atoms with Gasteiger partial charge in [0, 0.05) is 0 Å². The molecule has 0 aromatic rings. The van der Waals surface area contributed by atoms with E-state index in [-0.39, 0.29) is 0 Å². The van der Waals surface area contributed by atoms with Crippen LogP contribution in [-0.4, -0.2) is 0 Å². The summed E-state index contributed by atoms with van der Waals surface area (Å²) in [7, 11) is 0. The van der Waals surface area contributed by atoms with Crippen molar-refractivity contribution in [3.05, 3.63) is 0 Å². The Labute approximate surface area is 128 Å². The van der Waals surface area contributed by atoms with Crippen LogP contribution in [0, 0.1) is 29.6 Å². The third kappa shape index (κ3) is 5.78. The normalized spacial score (nSPS) is 41.9. The molecule has 0 aromatic heterocycles. The summed E-state index contributed by atoms with van der Waals surface area (Å²) in [6, 6.07) is 0. The molecule has 2 aliphatic carbocycles.